The van der Waals surface area contributed by atoms with Gasteiger partial charge in [-0.15, -0.1) is 0 Å². The van der Waals surface area contributed by atoms with Crippen LogP contribution in [0.4, 0.5) is 0 Å². The second kappa shape index (κ2) is 8.46. The zero-order valence-corrected chi connectivity index (χ0v) is 13.3. The Balaban J connectivity index is 1.94. The fourth-order valence-electron chi connectivity index (χ4n) is 3.54. The smallest absolute Gasteiger partial charge is 0.0322 e. The molecule has 1 aliphatic rings. The van der Waals surface area contributed by atoms with Crippen molar-refractivity contribution in [3.05, 3.63) is 35.9 Å². The van der Waals surface area contributed by atoms with Crippen molar-refractivity contribution in [1.82, 2.24) is 5.32 Å². The van der Waals surface area contributed by atoms with Crippen molar-refractivity contribution >= 4 is 0 Å². The molecule has 0 aliphatic heterocycles. The number of nitrogens with one attached hydrogen (secondary N) is 1. The molecule has 0 spiro atoms. The van der Waals surface area contributed by atoms with Crippen molar-refractivity contribution in [2.45, 2.75) is 77.3 Å². The first-order valence-corrected chi connectivity index (χ1v) is 8.62. The summed E-state index contributed by atoms with van der Waals surface area (Å²) < 4.78 is 0. The summed E-state index contributed by atoms with van der Waals surface area (Å²) in [5.41, 5.74) is 1.47. The van der Waals surface area contributed by atoms with Crippen LogP contribution in [-0.4, -0.2) is 6.04 Å². The van der Waals surface area contributed by atoms with E-state index >= 15 is 0 Å². The van der Waals surface area contributed by atoms with Crippen molar-refractivity contribution in [2.75, 3.05) is 0 Å². The van der Waals surface area contributed by atoms with E-state index in [0.29, 0.717) is 12.1 Å². The summed E-state index contributed by atoms with van der Waals surface area (Å²) in [4.78, 5) is 0. The lowest BCUT2D eigenvalue weighted by atomic mass is 9.95. The molecule has 0 bridgehead atoms. The molecule has 1 saturated carbocycles. The standard InChI is InChI=1S/C19H31N/c1-3-4-6-15-19(18-13-7-5-8-14-18)20-16(2)17-11-9-10-12-17/h5,7-8,13-14,16-17,19-20H,3-4,6,9-12,15H2,1-2H3. The maximum atomic E-state index is 3.93. The van der Waals surface area contributed by atoms with E-state index in [-0.39, 0.29) is 0 Å². The number of unbranched alkanes of at least 4 members (excludes halogenated alkanes) is 2. The second-order valence-corrected chi connectivity index (χ2v) is 6.46. The monoisotopic (exact) mass is 273 g/mol. The second-order valence-electron chi connectivity index (χ2n) is 6.46. The molecule has 0 aromatic heterocycles. The van der Waals surface area contributed by atoms with E-state index in [1.807, 2.05) is 0 Å². The summed E-state index contributed by atoms with van der Waals surface area (Å²) in [6.07, 6.45) is 11.0. The highest BCUT2D eigenvalue weighted by Crippen LogP contribution is 2.30. The van der Waals surface area contributed by atoms with Gasteiger partial charge in [-0.1, -0.05) is 69.4 Å². The molecule has 1 fully saturated rings. The van der Waals surface area contributed by atoms with Crippen LogP contribution in [-0.2, 0) is 0 Å². The van der Waals surface area contributed by atoms with Crippen molar-refractivity contribution in [2.24, 2.45) is 5.92 Å². The SMILES string of the molecule is CCCCCC(NC(C)C1CCCC1)c1ccccc1. The maximum Gasteiger partial charge on any atom is 0.0322 e. The van der Waals surface area contributed by atoms with Gasteiger partial charge in [-0.05, 0) is 37.7 Å². The van der Waals surface area contributed by atoms with Crippen LogP contribution in [0.15, 0.2) is 30.3 Å². The Morgan fingerprint density at radius 2 is 1.80 bits per heavy atom. The lowest BCUT2D eigenvalue weighted by Gasteiger charge is -2.27. The Morgan fingerprint density at radius 3 is 2.45 bits per heavy atom. The predicted octanol–water partition coefficient (Wildman–Crippen LogP) is 5.48. The third-order valence-corrected chi connectivity index (χ3v) is 4.87. The molecular formula is C19H31N. The van der Waals surface area contributed by atoms with Crippen LogP contribution < -0.4 is 5.32 Å². The highest BCUT2D eigenvalue weighted by molar-refractivity contribution is 5.19. The van der Waals surface area contributed by atoms with Crippen molar-refractivity contribution in [3.8, 4) is 0 Å². The maximum absolute atomic E-state index is 3.93. The first-order chi connectivity index (χ1) is 9.81. The molecule has 1 aromatic carbocycles. The summed E-state index contributed by atoms with van der Waals surface area (Å²) in [6, 6.07) is 12.2. The lowest BCUT2D eigenvalue weighted by Crippen LogP contribution is -2.35. The Kier molecular flexibility index (Phi) is 6.59. The van der Waals surface area contributed by atoms with Crippen LogP contribution in [0.1, 0.15) is 76.8 Å². The number of benzene rings is 1. The molecule has 1 N–H and O–H groups in total. The molecule has 20 heavy (non-hydrogen) atoms. The molecular weight excluding hydrogens is 242 g/mol. The average Bonchev–Trinajstić information content (AvgIpc) is 3.01. The normalized spacial score (nSPS) is 19.1. The Labute approximate surface area is 125 Å². The molecule has 0 amide bonds. The van der Waals surface area contributed by atoms with Gasteiger partial charge in [-0.3, -0.25) is 0 Å². The van der Waals surface area contributed by atoms with Gasteiger partial charge in [0, 0.05) is 12.1 Å². The molecule has 1 nitrogen and oxygen atoms in total. The molecule has 1 heteroatoms. The molecule has 0 radical (unpaired) electrons. The molecule has 1 aliphatic carbocycles. The van der Waals surface area contributed by atoms with Gasteiger partial charge in [-0.25, -0.2) is 0 Å². The van der Waals surface area contributed by atoms with E-state index in [2.05, 4.69) is 49.5 Å². The van der Waals surface area contributed by atoms with E-state index in [0.717, 1.165) is 5.92 Å². The van der Waals surface area contributed by atoms with Crippen LogP contribution in [0.5, 0.6) is 0 Å². The summed E-state index contributed by atoms with van der Waals surface area (Å²) in [5.74, 6) is 0.896. The van der Waals surface area contributed by atoms with Gasteiger partial charge in [-0.2, -0.15) is 0 Å². The minimum Gasteiger partial charge on any atom is -0.307 e. The first-order valence-electron chi connectivity index (χ1n) is 8.62. The largest absolute Gasteiger partial charge is 0.307 e. The first kappa shape index (κ1) is 15.6. The molecule has 2 rings (SSSR count). The van der Waals surface area contributed by atoms with E-state index in [9.17, 15) is 0 Å². The van der Waals surface area contributed by atoms with Gasteiger partial charge in [0.05, 0.1) is 0 Å². The fraction of sp³-hybridized carbons (Fsp3) is 0.684. The number of hydrogen-bond donors (Lipinski definition) is 1. The summed E-state index contributed by atoms with van der Waals surface area (Å²) in [6.45, 7) is 4.68. The van der Waals surface area contributed by atoms with Crippen molar-refractivity contribution < 1.29 is 0 Å². The third kappa shape index (κ3) is 4.63. The highest BCUT2D eigenvalue weighted by atomic mass is 15.0. The van der Waals surface area contributed by atoms with Gasteiger partial charge < -0.3 is 5.32 Å². The Hall–Kier alpha value is -0.820. The minimum atomic E-state index is 0.540. The molecule has 112 valence electrons. The molecule has 2 unspecified atom stereocenters. The predicted molar refractivity (Wildman–Crippen MR) is 87.9 cm³/mol. The van der Waals surface area contributed by atoms with Crippen LogP contribution in [0.2, 0.25) is 0 Å². The van der Waals surface area contributed by atoms with E-state index in [4.69, 9.17) is 0 Å². The van der Waals surface area contributed by atoms with E-state index < -0.39 is 0 Å². The van der Waals surface area contributed by atoms with Crippen LogP contribution in [0.25, 0.3) is 0 Å². The quantitative estimate of drug-likeness (QED) is 0.619. The van der Waals surface area contributed by atoms with E-state index in [1.54, 1.807) is 0 Å². The fourth-order valence-corrected chi connectivity index (χ4v) is 3.54. The third-order valence-electron chi connectivity index (χ3n) is 4.87. The highest BCUT2D eigenvalue weighted by Gasteiger charge is 2.23. The van der Waals surface area contributed by atoms with Gasteiger partial charge in [0.2, 0.25) is 0 Å². The van der Waals surface area contributed by atoms with Crippen molar-refractivity contribution in [3.63, 3.8) is 0 Å². The minimum absolute atomic E-state index is 0.540. The zero-order valence-electron chi connectivity index (χ0n) is 13.3. The molecule has 2 atom stereocenters. The lowest BCUT2D eigenvalue weighted by molar-refractivity contribution is 0.330. The zero-order chi connectivity index (χ0) is 14.2. The summed E-state index contributed by atoms with van der Waals surface area (Å²) in [7, 11) is 0. The van der Waals surface area contributed by atoms with Crippen LogP contribution in [0, 0.1) is 5.92 Å². The van der Waals surface area contributed by atoms with Crippen LogP contribution >= 0.6 is 0 Å². The van der Waals surface area contributed by atoms with Gasteiger partial charge in [0.25, 0.3) is 0 Å². The molecule has 0 heterocycles. The average molecular weight is 273 g/mol. The topological polar surface area (TPSA) is 12.0 Å². The van der Waals surface area contributed by atoms with Crippen LogP contribution in [0.3, 0.4) is 0 Å². The summed E-state index contributed by atoms with van der Waals surface area (Å²) >= 11 is 0. The van der Waals surface area contributed by atoms with Gasteiger partial charge in [0.1, 0.15) is 0 Å². The van der Waals surface area contributed by atoms with Gasteiger partial charge in [0.15, 0.2) is 0 Å². The van der Waals surface area contributed by atoms with E-state index in [1.165, 1.54) is 56.9 Å². The van der Waals surface area contributed by atoms with Crippen molar-refractivity contribution in [1.29, 1.82) is 0 Å². The van der Waals surface area contributed by atoms with Gasteiger partial charge >= 0.3 is 0 Å². The Bertz CT molecular complexity index is 353. The number of hydrogen-bond acceptors (Lipinski definition) is 1. The molecule has 0 saturated heterocycles. The Morgan fingerprint density at radius 1 is 1.10 bits per heavy atom. The molecule has 1 aromatic rings. The number of rotatable bonds is 8. The summed E-state index contributed by atoms with van der Waals surface area (Å²) in [5, 5.41) is 3.93.